The van der Waals surface area contributed by atoms with Crippen molar-refractivity contribution in [1.29, 1.82) is 0 Å². The summed E-state index contributed by atoms with van der Waals surface area (Å²) in [6.07, 6.45) is 4.51. The van der Waals surface area contributed by atoms with E-state index in [1.165, 1.54) is 7.11 Å². The third-order valence-electron chi connectivity index (χ3n) is 3.52. The molecule has 1 aromatic rings. The summed E-state index contributed by atoms with van der Waals surface area (Å²) in [6.45, 7) is 1.96. The highest BCUT2D eigenvalue weighted by Gasteiger charge is 2.44. The van der Waals surface area contributed by atoms with Crippen molar-refractivity contribution >= 4 is 17.7 Å². The molecule has 0 bridgehead atoms. The number of methoxy groups -OCH3 is 1. The molecule has 4 nitrogen and oxygen atoms in total. The fourth-order valence-corrected chi connectivity index (χ4v) is 3.14. The van der Waals surface area contributed by atoms with E-state index in [4.69, 9.17) is 10.5 Å². The van der Waals surface area contributed by atoms with Crippen molar-refractivity contribution in [3.8, 4) is 0 Å². The molecule has 1 aliphatic carbocycles. The molecule has 0 amide bonds. The van der Waals surface area contributed by atoms with Gasteiger partial charge in [0.15, 0.2) is 0 Å². The minimum absolute atomic E-state index is 0.0207. The van der Waals surface area contributed by atoms with Gasteiger partial charge in [0.05, 0.1) is 18.6 Å². The lowest BCUT2D eigenvalue weighted by molar-refractivity contribution is -0.141. The highest BCUT2D eigenvalue weighted by atomic mass is 32.2. The summed E-state index contributed by atoms with van der Waals surface area (Å²) in [4.78, 5) is 15.7. The van der Waals surface area contributed by atoms with Crippen LogP contribution >= 0.6 is 11.8 Å². The van der Waals surface area contributed by atoms with Gasteiger partial charge in [0.1, 0.15) is 0 Å². The van der Waals surface area contributed by atoms with Crippen LogP contribution in [0.25, 0.3) is 0 Å². The average molecular weight is 280 g/mol. The second-order valence-electron chi connectivity index (χ2n) is 5.26. The summed E-state index contributed by atoms with van der Waals surface area (Å²) >= 11 is 1.70. The van der Waals surface area contributed by atoms with E-state index in [0.717, 1.165) is 29.2 Å². The van der Waals surface area contributed by atoms with Crippen molar-refractivity contribution < 1.29 is 9.53 Å². The number of aromatic nitrogens is 1. The third-order valence-corrected chi connectivity index (χ3v) is 4.79. The Morgan fingerprint density at radius 1 is 1.63 bits per heavy atom. The van der Waals surface area contributed by atoms with E-state index in [1.54, 1.807) is 18.0 Å². The Morgan fingerprint density at radius 2 is 2.37 bits per heavy atom. The maximum absolute atomic E-state index is 11.4. The Bertz CT molecular complexity index is 459. The summed E-state index contributed by atoms with van der Waals surface area (Å²) in [7, 11) is 1.44. The number of carbonyl (C=O) groups excluding carboxylic acids is 1. The van der Waals surface area contributed by atoms with Crippen LogP contribution in [-0.2, 0) is 9.53 Å². The molecule has 2 N–H and O–H groups in total. The highest BCUT2D eigenvalue weighted by molar-refractivity contribution is 7.99. The van der Waals surface area contributed by atoms with Crippen LogP contribution in [0.5, 0.6) is 0 Å². The van der Waals surface area contributed by atoms with E-state index in [-0.39, 0.29) is 17.4 Å². The number of nitrogens with zero attached hydrogens (tertiary/aromatic N) is 1. The second-order valence-corrected chi connectivity index (χ2v) is 6.25. The largest absolute Gasteiger partial charge is 0.469 e. The van der Waals surface area contributed by atoms with Gasteiger partial charge in [0.25, 0.3) is 0 Å². The van der Waals surface area contributed by atoms with Crippen molar-refractivity contribution in [3.63, 3.8) is 0 Å². The Balaban J connectivity index is 1.92. The number of carbonyl (C=O) groups is 1. The van der Waals surface area contributed by atoms with Crippen LogP contribution in [0.2, 0.25) is 0 Å². The van der Waals surface area contributed by atoms with Crippen LogP contribution in [0, 0.1) is 5.41 Å². The summed E-state index contributed by atoms with van der Waals surface area (Å²) in [5.41, 5.74) is 7.08. The number of pyridine rings is 1. The van der Waals surface area contributed by atoms with Gasteiger partial charge in [-0.05, 0) is 42.9 Å². The topological polar surface area (TPSA) is 65.2 Å². The van der Waals surface area contributed by atoms with Crippen molar-refractivity contribution in [2.45, 2.75) is 37.3 Å². The summed E-state index contributed by atoms with van der Waals surface area (Å²) in [5.74, 6) is 0.799. The van der Waals surface area contributed by atoms with Gasteiger partial charge in [-0.25, -0.2) is 4.98 Å². The molecule has 5 heteroatoms. The molecule has 0 spiro atoms. The molecule has 0 aromatic carbocycles. The molecule has 0 aliphatic heterocycles. The van der Waals surface area contributed by atoms with E-state index in [0.29, 0.717) is 6.42 Å². The van der Waals surface area contributed by atoms with Gasteiger partial charge in [0, 0.05) is 18.0 Å². The van der Waals surface area contributed by atoms with Gasteiger partial charge >= 0.3 is 5.97 Å². The zero-order valence-electron chi connectivity index (χ0n) is 11.4. The number of nitrogens with two attached hydrogens (primary N) is 1. The quantitative estimate of drug-likeness (QED) is 0.641. The van der Waals surface area contributed by atoms with E-state index in [1.807, 2.05) is 19.1 Å². The fraction of sp³-hybridized carbons (Fsp3) is 0.571. The summed E-state index contributed by atoms with van der Waals surface area (Å²) < 4.78 is 4.75. The lowest BCUT2D eigenvalue weighted by Crippen LogP contribution is -2.13. The monoisotopic (exact) mass is 280 g/mol. The molecule has 19 heavy (non-hydrogen) atoms. The normalized spacial score (nSPS) is 17.8. The number of thioether (sulfide) groups is 1. The summed E-state index contributed by atoms with van der Waals surface area (Å²) in [5, 5.41) is 0.978. The maximum atomic E-state index is 11.4. The fourth-order valence-electron chi connectivity index (χ4n) is 1.94. The third kappa shape index (κ3) is 3.94. The van der Waals surface area contributed by atoms with Gasteiger partial charge in [-0.1, -0.05) is 0 Å². The first-order valence-corrected chi connectivity index (χ1v) is 7.44. The van der Waals surface area contributed by atoms with Gasteiger partial charge in [-0.2, -0.15) is 0 Å². The van der Waals surface area contributed by atoms with Gasteiger partial charge in [-0.15, -0.1) is 11.8 Å². The van der Waals surface area contributed by atoms with E-state index < -0.39 is 0 Å². The van der Waals surface area contributed by atoms with Crippen molar-refractivity contribution in [2.75, 3.05) is 12.9 Å². The van der Waals surface area contributed by atoms with E-state index >= 15 is 0 Å². The maximum Gasteiger partial charge on any atom is 0.306 e. The molecule has 2 rings (SSSR count). The minimum Gasteiger partial charge on any atom is -0.469 e. The Kier molecular flexibility index (Phi) is 4.47. The van der Waals surface area contributed by atoms with E-state index in [9.17, 15) is 4.79 Å². The molecular weight excluding hydrogens is 260 g/mol. The molecule has 1 aromatic heterocycles. The van der Waals surface area contributed by atoms with Crippen LogP contribution < -0.4 is 5.73 Å². The number of hydrogen-bond donors (Lipinski definition) is 1. The van der Waals surface area contributed by atoms with Crippen LogP contribution in [0.15, 0.2) is 23.4 Å². The summed E-state index contributed by atoms with van der Waals surface area (Å²) in [6, 6.07) is 3.99. The number of rotatable bonds is 6. The molecule has 1 aliphatic rings. The van der Waals surface area contributed by atoms with Gasteiger partial charge in [0.2, 0.25) is 0 Å². The zero-order chi connectivity index (χ0) is 13.9. The highest BCUT2D eigenvalue weighted by Crippen LogP contribution is 2.52. The predicted octanol–water partition coefficient (Wildman–Crippen LogP) is 2.54. The molecule has 1 fully saturated rings. The molecule has 1 unspecified atom stereocenters. The SMILES string of the molecule is COC(=O)CC1(CSc2cc(C(C)N)ccn2)CC1. The Labute approximate surface area is 118 Å². The lowest BCUT2D eigenvalue weighted by Gasteiger charge is -2.13. The predicted molar refractivity (Wildman–Crippen MR) is 75.9 cm³/mol. The van der Waals surface area contributed by atoms with Crippen molar-refractivity contribution in [1.82, 2.24) is 4.98 Å². The number of hydrogen-bond acceptors (Lipinski definition) is 5. The first-order chi connectivity index (χ1) is 9.04. The van der Waals surface area contributed by atoms with Gasteiger partial charge < -0.3 is 10.5 Å². The van der Waals surface area contributed by atoms with E-state index in [2.05, 4.69) is 4.98 Å². The Hall–Kier alpha value is -1.07. The number of ether oxygens (including phenoxy) is 1. The first kappa shape index (κ1) is 14.3. The smallest absolute Gasteiger partial charge is 0.306 e. The van der Waals surface area contributed by atoms with Gasteiger partial charge in [-0.3, -0.25) is 4.79 Å². The molecule has 1 saturated carbocycles. The van der Waals surface area contributed by atoms with Crippen LogP contribution in [0.1, 0.15) is 37.8 Å². The molecule has 1 atom stereocenters. The van der Waals surface area contributed by atoms with Crippen molar-refractivity contribution in [3.05, 3.63) is 23.9 Å². The zero-order valence-corrected chi connectivity index (χ0v) is 12.2. The number of esters is 1. The second kappa shape index (κ2) is 5.92. The molecule has 0 saturated heterocycles. The van der Waals surface area contributed by atoms with Crippen LogP contribution in [-0.4, -0.2) is 23.8 Å². The Morgan fingerprint density at radius 3 is 2.95 bits per heavy atom. The van der Waals surface area contributed by atoms with Crippen LogP contribution in [0.3, 0.4) is 0 Å². The lowest BCUT2D eigenvalue weighted by atomic mass is 10.1. The molecule has 0 radical (unpaired) electrons. The van der Waals surface area contributed by atoms with Crippen molar-refractivity contribution in [2.24, 2.45) is 11.1 Å². The molecule has 104 valence electrons. The molecular formula is C14H20N2O2S. The standard InChI is InChI=1S/C14H20N2O2S/c1-10(15)11-3-6-16-12(7-11)19-9-14(4-5-14)8-13(17)18-2/h3,6-7,10H,4-5,8-9,15H2,1-2H3. The minimum atomic E-state index is -0.115. The van der Waals surface area contributed by atoms with Crippen LogP contribution in [0.4, 0.5) is 0 Å². The molecule has 1 heterocycles. The average Bonchev–Trinajstić information content (AvgIpc) is 3.17. The first-order valence-electron chi connectivity index (χ1n) is 6.46.